The molecule has 1 aliphatic heterocycles. The summed E-state index contributed by atoms with van der Waals surface area (Å²) in [7, 11) is -3.68. The van der Waals surface area contributed by atoms with E-state index in [1.54, 1.807) is 13.0 Å². The lowest BCUT2D eigenvalue weighted by atomic mass is 9.85. The largest absolute Gasteiger partial charge is 0.353 e. The van der Waals surface area contributed by atoms with E-state index in [9.17, 15) is 13.2 Å². The van der Waals surface area contributed by atoms with Crippen molar-refractivity contribution in [1.29, 1.82) is 0 Å². The number of rotatable bonds is 6. The Labute approximate surface area is 180 Å². The molecule has 1 amide bonds. The van der Waals surface area contributed by atoms with Gasteiger partial charge < -0.3 is 9.84 Å². The standard InChI is InChI=1S/C20H26N4O4S2/c1-12-17(10-16(29-12)18-22-20(28-23-18)13-4-2-5-13)30(26,27)24-9-3-6-14(11-24)19(25)21-15-7-8-15/h10,13-15H,2-9,11H2,1H3,(H,21,25)/t14-/m0/s1. The highest BCUT2D eigenvalue weighted by atomic mass is 32.2. The number of thiophene rings is 1. The predicted molar refractivity (Wildman–Crippen MR) is 112 cm³/mol. The third-order valence-electron chi connectivity index (χ3n) is 6.29. The first-order chi connectivity index (χ1) is 14.4. The summed E-state index contributed by atoms with van der Waals surface area (Å²) in [6.07, 6.45) is 6.77. The molecule has 2 aromatic rings. The summed E-state index contributed by atoms with van der Waals surface area (Å²) < 4.78 is 33.6. The van der Waals surface area contributed by atoms with Crippen LogP contribution < -0.4 is 5.32 Å². The first-order valence-corrected chi connectivity index (χ1v) is 12.9. The van der Waals surface area contributed by atoms with Gasteiger partial charge in [0.1, 0.15) is 0 Å². The molecule has 1 saturated heterocycles. The fourth-order valence-electron chi connectivity index (χ4n) is 4.05. The molecule has 0 aromatic carbocycles. The average Bonchev–Trinajstić information content (AvgIpc) is 3.21. The van der Waals surface area contributed by atoms with Gasteiger partial charge in [0.05, 0.1) is 15.7 Å². The Morgan fingerprint density at radius 2 is 2.03 bits per heavy atom. The first kappa shape index (κ1) is 20.1. The van der Waals surface area contributed by atoms with Crippen molar-refractivity contribution in [2.24, 2.45) is 5.92 Å². The van der Waals surface area contributed by atoms with Gasteiger partial charge in [-0.15, -0.1) is 11.3 Å². The van der Waals surface area contributed by atoms with Crippen LogP contribution in [0.3, 0.4) is 0 Å². The van der Waals surface area contributed by atoms with Crippen molar-refractivity contribution in [2.45, 2.75) is 68.7 Å². The fourth-order valence-corrected chi connectivity index (χ4v) is 7.06. The smallest absolute Gasteiger partial charge is 0.244 e. The molecule has 3 fully saturated rings. The van der Waals surface area contributed by atoms with Crippen LogP contribution >= 0.6 is 11.3 Å². The topological polar surface area (TPSA) is 105 Å². The maximum absolute atomic E-state index is 13.4. The van der Waals surface area contributed by atoms with Gasteiger partial charge in [0.15, 0.2) is 0 Å². The summed E-state index contributed by atoms with van der Waals surface area (Å²) in [6, 6.07) is 1.93. The van der Waals surface area contributed by atoms with E-state index in [0.717, 1.165) is 32.1 Å². The summed E-state index contributed by atoms with van der Waals surface area (Å²) in [5.41, 5.74) is 0. The summed E-state index contributed by atoms with van der Waals surface area (Å²) in [5, 5.41) is 7.08. The van der Waals surface area contributed by atoms with Gasteiger partial charge in [-0.2, -0.15) is 9.29 Å². The van der Waals surface area contributed by atoms with Crippen LogP contribution in [0.1, 0.15) is 61.6 Å². The van der Waals surface area contributed by atoms with E-state index in [1.807, 2.05) is 0 Å². The quantitative estimate of drug-likeness (QED) is 0.725. The van der Waals surface area contributed by atoms with Crippen molar-refractivity contribution in [3.8, 4) is 10.7 Å². The van der Waals surface area contributed by atoms with Crippen molar-refractivity contribution in [2.75, 3.05) is 13.1 Å². The number of aryl methyl sites for hydroxylation is 1. The summed E-state index contributed by atoms with van der Waals surface area (Å²) in [4.78, 5) is 18.6. The second kappa shape index (κ2) is 7.72. The van der Waals surface area contributed by atoms with Crippen molar-refractivity contribution >= 4 is 27.3 Å². The number of sulfonamides is 1. The van der Waals surface area contributed by atoms with Crippen LogP contribution in [0.5, 0.6) is 0 Å². The molecule has 1 atom stereocenters. The Kier molecular flexibility index (Phi) is 5.19. The molecule has 10 heteroatoms. The van der Waals surface area contributed by atoms with Crippen molar-refractivity contribution in [3.63, 3.8) is 0 Å². The lowest BCUT2D eigenvalue weighted by Gasteiger charge is -2.31. The van der Waals surface area contributed by atoms with Crippen LogP contribution in [0.2, 0.25) is 0 Å². The molecular formula is C20H26N4O4S2. The van der Waals surface area contributed by atoms with E-state index in [4.69, 9.17) is 4.52 Å². The Balaban J connectivity index is 1.34. The number of nitrogens with one attached hydrogen (secondary N) is 1. The number of hydrogen-bond donors (Lipinski definition) is 1. The van der Waals surface area contributed by atoms with Gasteiger partial charge in [-0.1, -0.05) is 11.6 Å². The zero-order valence-electron chi connectivity index (χ0n) is 17.0. The predicted octanol–water partition coefficient (Wildman–Crippen LogP) is 3.05. The van der Waals surface area contributed by atoms with E-state index >= 15 is 0 Å². The lowest BCUT2D eigenvalue weighted by Crippen LogP contribution is -2.45. The van der Waals surface area contributed by atoms with Gasteiger partial charge in [0.25, 0.3) is 0 Å². The average molecular weight is 451 g/mol. The Bertz CT molecular complexity index is 1050. The van der Waals surface area contributed by atoms with Gasteiger partial charge in [-0.05, 0) is 51.5 Å². The lowest BCUT2D eigenvalue weighted by molar-refractivity contribution is -0.126. The number of nitrogens with zero attached hydrogens (tertiary/aromatic N) is 3. The summed E-state index contributed by atoms with van der Waals surface area (Å²) in [6.45, 7) is 2.48. The number of carbonyl (C=O) groups is 1. The Hall–Kier alpha value is -1.78. The van der Waals surface area contributed by atoms with Crippen molar-refractivity contribution < 1.29 is 17.7 Å². The molecule has 162 valence electrons. The molecule has 1 N–H and O–H groups in total. The summed E-state index contributed by atoms with van der Waals surface area (Å²) in [5.74, 6) is 1.13. The van der Waals surface area contributed by atoms with Gasteiger partial charge in [0, 0.05) is 29.9 Å². The van der Waals surface area contributed by atoms with E-state index in [0.29, 0.717) is 40.4 Å². The highest BCUT2D eigenvalue weighted by molar-refractivity contribution is 7.89. The first-order valence-electron chi connectivity index (χ1n) is 10.7. The molecule has 5 rings (SSSR count). The Morgan fingerprint density at radius 3 is 2.73 bits per heavy atom. The van der Waals surface area contributed by atoms with Crippen LogP contribution in [0.4, 0.5) is 0 Å². The van der Waals surface area contributed by atoms with Gasteiger partial charge >= 0.3 is 0 Å². The number of aromatic nitrogens is 2. The zero-order valence-corrected chi connectivity index (χ0v) is 18.6. The maximum atomic E-state index is 13.4. The minimum Gasteiger partial charge on any atom is -0.353 e. The molecule has 0 bridgehead atoms. The maximum Gasteiger partial charge on any atom is 0.244 e. The van der Waals surface area contributed by atoms with E-state index in [-0.39, 0.29) is 29.3 Å². The molecule has 0 radical (unpaired) electrons. The summed E-state index contributed by atoms with van der Waals surface area (Å²) >= 11 is 1.36. The van der Waals surface area contributed by atoms with Crippen LogP contribution in [-0.4, -0.2) is 47.9 Å². The van der Waals surface area contributed by atoms with Gasteiger partial charge in [0.2, 0.25) is 27.6 Å². The van der Waals surface area contributed by atoms with E-state index < -0.39 is 10.0 Å². The zero-order chi connectivity index (χ0) is 20.9. The van der Waals surface area contributed by atoms with Crippen LogP contribution in [0, 0.1) is 12.8 Å². The minimum atomic E-state index is -3.68. The molecule has 0 unspecified atom stereocenters. The molecule has 8 nitrogen and oxygen atoms in total. The third-order valence-corrected chi connectivity index (χ3v) is 9.45. The molecule has 3 heterocycles. The van der Waals surface area contributed by atoms with E-state index in [2.05, 4.69) is 15.5 Å². The number of amides is 1. The van der Waals surface area contributed by atoms with Crippen LogP contribution in [-0.2, 0) is 14.8 Å². The fraction of sp³-hybridized carbons (Fsp3) is 0.650. The highest BCUT2D eigenvalue weighted by Crippen LogP contribution is 2.38. The number of carbonyl (C=O) groups excluding carboxylic acids is 1. The molecule has 0 spiro atoms. The molecule has 30 heavy (non-hydrogen) atoms. The van der Waals surface area contributed by atoms with Gasteiger partial charge in [-0.25, -0.2) is 8.42 Å². The van der Waals surface area contributed by atoms with Crippen LogP contribution in [0.25, 0.3) is 10.7 Å². The second-order valence-electron chi connectivity index (χ2n) is 8.60. The van der Waals surface area contributed by atoms with E-state index in [1.165, 1.54) is 22.1 Å². The monoisotopic (exact) mass is 450 g/mol. The van der Waals surface area contributed by atoms with Crippen molar-refractivity contribution in [3.05, 3.63) is 16.8 Å². The SMILES string of the molecule is Cc1sc(-c2noc(C3CCC3)n2)cc1S(=O)(=O)N1CCC[C@H](C(=O)NC2CC2)C1. The molecular weight excluding hydrogens is 424 g/mol. The molecule has 2 saturated carbocycles. The van der Waals surface area contributed by atoms with Gasteiger partial charge in [-0.3, -0.25) is 4.79 Å². The number of hydrogen-bond acceptors (Lipinski definition) is 7. The van der Waals surface area contributed by atoms with Crippen molar-refractivity contribution in [1.82, 2.24) is 19.8 Å². The molecule has 2 aromatic heterocycles. The number of piperidine rings is 1. The molecule has 2 aliphatic carbocycles. The highest BCUT2D eigenvalue weighted by Gasteiger charge is 2.36. The Morgan fingerprint density at radius 1 is 1.23 bits per heavy atom. The minimum absolute atomic E-state index is 0.0181. The van der Waals surface area contributed by atoms with Crippen LogP contribution in [0.15, 0.2) is 15.5 Å². The second-order valence-corrected chi connectivity index (χ2v) is 11.8. The third kappa shape index (κ3) is 3.80. The molecule has 3 aliphatic rings. The normalized spacial score (nSPS) is 23.3.